The molecule has 2 atom stereocenters. The molecule has 2 aliphatic rings. The van der Waals surface area contributed by atoms with Gasteiger partial charge in [-0.05, 0) is 37.0 Å². The van der Waals surface area contributed by atoms with Crippen molar-refractivity contribution >= 4 is 8.32 Å². The third-order valence-electron chi connectivity index (χ3n) is 3.27. The molecule has 3 heteroatoms. The molecular formula is C11H20O2Si. The maximum atomic E-state index is 5.85. The van der Waals surface area contributed by atoms with E-state index in [4.69, 9.17) is 9.16 Å². The SMILES string of the molecule is CC1(C)[C@@H]2C=C(O[Si](C)(C)C)OC[C@@H]21. The topological polar surface area (TPSA) is 18.5 Å². The minimum absolute atomic E-state index is 0.435. The molecule has 0 N–H and O–H groups in total. The van der Waals surface area contributed by atoms with Gasteiger partial charge in [-0.2, -0.15) is 0 Å². The summed E-state index contributed by atoms with van der Waals surface area (Å²) >= 11 is 0. The molecule has 0 amide bonds. The maximum Gasteiger partial charge on any atom is 0.261 e. The molecule has 0 unspecified atom stereocenters. The molecule has 0 aromatic heterocycles. The highest BCUT2D eigenvalue weighted by Gasteiger charge is 2.59. The molecule has 0 radical (unpaired) electrons. The van der Waals surface area contributed by atoms with E-state index in [1.54, 1.807) is 0 Å². The van der Waals surface area contributed by atoms with Crippen molar-refractivity contribution in [3.63, 3.8) is 0 Å². The van der Waals surface area contributed by atoms with E-state index in [9.17, 15) is 0 Å². The monoisotopic (exact) mass is 212 g/mol. The molecule has 0 saturated heterocycles. The Labute approximate surface area is 87.4 Å². The van der Waals surface area contributed by atoms with Gasteiger partial charge in [0.25, 0.3) is 5.95 Å². The van der Waals surface area contributed by atoms with Crippen molar-refractivity contribution < 1.29 is 9.16 Å². The number of ether oxygens (including phenoxy) is 1. The van der Waals surface area contributed by atoms with E-state index in [0.29, 0.717) is 11.3 Å². The molecule has 0 bridgehead atoms. The second kappa shape index (κ2) is 2.78. The summed E-state index contributed by atoms with van der Waals surface area (Å²) in [4.78, 5) is 0. The summed E-state index contributed by atoms with van der Waals surface area (Å²) in [5, 5.41) is 0. The van der Waals surface area contributed by atoms with Gasteiger partial charge in [0.2, 0.25) is 8.32 Å². The first-order chi connectivity index (χ1) is 6.31. The lowest BCUT2D eigenvalue weighted by Gasteiger charge is -2.23. The Morgan fingerprint density at radius 3 is 2.57 bits per heavy atom. The first-order valence-electron chi connectivity index (χ1n) is 5.34. The molecule has 1 saturated carbocycles. The minimum atomic E-state index is -1.50. The normalized spacial score (nSPS) is 33.9. The van der Waals surface area contributed by atoms with Gasteiger partial charge in [-0.3, -0.25) is 0 Å². The van der Waals surface area contributed by atoms with Crippen LogP contribution in [0.4, 0.5) is 0 Å². The Hall–Kier alpha value is -0.443. The predicted octanol–water partition coefficient (Wildman–Crippen LogP) is 2.98. The quantitative estimate of drug-likeness (QED) is 0.655. The standard InChI is InChI=1S/C11H20O2Si/c1-11(2)8-6-10(12-7-9(8)11)13-14(3,4)5/h6,8-9H,7H2,1-5H3/t8-,9+/m1/s1. The first kappa shape index (κ1) is 10.1. The van der Waals surface area contributed by atoms with Gasteiger partial charge in [-0.15, -0.1) is 0 Å². The summed E-state index contributed by atoms with van der Waals surface area (Å²) in [7, 11) is -1.50. The van der Waals surface area contributed by atoms with E-state index in [0.717, 1.165) is 18.5 Å². The van der Waals surface area contributed by atoms with E-state index < -0.39 is 8.32 Å². The van der Waals surface area contributed by atoms with Crippen LogP contribution in [-0.2, 0) is 9.16 Å². The third-order valence-corrected chi connectivity index (χ3v) is 4.08. The lowest BCUT2D eigenvalue weighted by Crippen LogP contribution is -2.26. The van der Waals surface area contributed by atoms with Crippen molar-refractivity contribution in [2.24, 2.45) is 17.3 Å². The van der Waals surface area contributed by atoms with E-state index in [1.807, 2.05) is 0 Å². The second-order valence-electron chi connectivity index (χ2n) is 5.96. The van der Waals surface area contributed by atoms with Gasteiger partial charge in [0.05, 0.1) is 6.61 Å². The largest absolute Gasteiger partial charge is 0.520 e. The Bertz CT molecular complexity index is 276. The zero-order chi connectivity index (χ0) is 10.6. The van der Waals surface area contributed by atoms with Gasteiger partial charge < -0.3 is 9.16 Å². The summed E-state index contributed by atoms with van der Waals surface area (Å²) in [6.07, 6.45) is 2.19. The summed E-state index contributed by atoms with van der Waals surface area (Å²) in [6.45, 7) is 12.0. The molecule has 1 aliphatic heterocycles. The highest BCUT2D eigenvalue weighted by molar-refractivity contribution is 6.69. The molecule has 0 aromatic rings. The summed E-state index contributed by atoms with van der Waals surface area (Å²) < 4.78 is 11.5. The van der Waals surface area contributed by atoms with Crippen molar-refractivity contribution in [2.75, 3.05) is 6.61 Å². The van der Waals surface area contributed by atoms with Gasteiger partial charge in [0.1, 0.15) is 0 Å². The van der Waals surface area contributed by atoms with Crippen LogP contribution < -0.4 is 0 Å². The molecule has 1 heterocycles. The van der Waals surface area contributed by atoms with Crippen LogP contribution >= 0.6 is 0 Å². The zero-order valence-corrected chi connectivity index (χ0v) is 10.8. The number of fused-ring (bicyclic) bond motifs is 1. The minimum Gasteiger partial charge on any atom is -0.520 e. The highest BCUT2D eigenvalue weighted by atomic mass is 28.4. The lowest BCUT2D eigenvalue weighted by atomic mass is 10.1. The van der Waals surface area contributed by atoms with Crippen molar-refractivity contribution in [1.82, 2.24) is 0 Å². The van der Waals surface area contributed by atoms with E-state index in [1.165, 1.54) is 0 Å². The van der Waals surface area contributed by atoms with Crippen LogP contribution in [0.2, 0.25) is 19.6 Å². The summed E-state index contributed by atoms with van der Waals surface area (Å²) in [6, 6.07) is 0. The van der Waals surface area contributed by atoms with Crippen LogP contribution in [0.3, 0.4) is 0 Å². The molecule has 1 aliphatic carbocycles. The van der Waals surface area contributed by atoms with Crippen LogP contribution in [-0.4, -0.2) is 14.9 Å². The fraction of sp³-hybridized carbons (Fsp3) is 0.818. The molecule has 0 aromatic carbocycles. The van der Waals surface area contributed by atoms with Gasteiger partial charge in [0, 0.05) is 5.92 Å². The van der Waals surface area contributed by atoms with Crippen LogP contribution in [0.15, 0.2) is 12.0 Å². The molecule has 2 nitrogen and oxygen atoms in total. The van der Waals surface area contributed by atoms with Gasteiger partial charge in [-0.25, -0.2) is 0 Å². The summed E-state index contributed by atoms with van der Waals surface area (Å²) in [5.41, 5.74) is 0.435. The number of rotatable bonds is 2. The molecule has 80 valence electrons. The van der Waals surface area contributed by atoms with Crippen molar-refractivity contribution in [1.29, 1.82) is 0 Å². The highest BCUT2D eigenvalue weighted by Crippen LogP contribution is 2.61. The lowest BCUT2D eigenvalue weighted by molar-refractivity contribution is 0.0799. The Morgan fingerprint density at radius 2 is 2.07 bits per heavy atom. The predicted molar refractivity (Wildman–Crippen MR) is 59.2 cm³/mol. The maximum absolute atomic E-state index is 5.85. The van der Waals surface area contributed by atoms with Crippen LogP contribution in [0.1, 0.15) is 13.8 Å². The number of allylic oxidation sites excluding steroid dienone is 1. The first-order valence-corrected chi connectivity index (χ1v) is 8.75. The smallest absolute Gasteiger partial charge is 0.261 e. The van der Waals surface area contributed by atoms with Crippen LogP contribution in [0.25, 0.3) is 0 Å². The fourth-order valence-electron chi connectivity index (χ4n) is 2.17. The van der Waals surface area contributed by atoms with Gasteiger partial charge in [0.15, 0.2) is 0 Å². The van der Waals surface area contributed by atoms with Crippen LogP contribution in [0.5, 0.6) is 0 Å². The van der Waals surface area contributed by atoms with Gasteiger partial charge >= 0.3 is 0 Å². The van der Waals surface area contributed by atoms with Crippen LogP contribution in [0, 0.1) is 17.3 Å². The van der Waals surface area contributed by atoms with Crippen molar-refractivity contribution in [3.8, 4) is 0 Å². The van der Waals surface area contributed by atoms with Gasteiger partial charge in [-0.1, -0.05) is 13.8 Å². The van der Waals surface area contributed by atoms with E-state index in [-0.39, 0.29) is 0 Å². The molecule has 14 heavy (non-hydrogen) atoms. The molecular weight excluding hydrogens is 192 g/mol. The average molecular weight is 212 g/mol. The molecule has 0 spiro atoms. The average Bonchev–Trinajstić information content (AvgIpc) is 2.51. The fourth-order valence-corrected chi connectivity index (χ4v) is 2.90. The number of hydrogen-bond acceptors (Lipinski definition) is 2. The third kappa shape index (κ3) is 1.70. The summed E-state index contributed by atoms with van der Waals surface area (Å²) in [5.74, 6) is 2.19. The Kier molecular flexibility index (Phi) is 2.00. The number of hydrogen-bond donors (Lipinski definition) is 0. The van der Waals surface area contributed by atoms with E-state index >= 15 is 0 Å². The second-order valence-corrected chi connectivity index (χ2v) is 10.4. The zero-order valence-electron chi connectivity index (χ0n) is 9.76. The molecule has 2 rings (SSSR count). The van der Waals surface area contributed by atoms with Crippen molar-refractivity contribution in [2.45, 2.75) is 33.5 Å². The van der Waals surface area contributed by atoms with E-state index in [2.05, 4.69) is 39.6 Å². The Morgan fingerprint density at radius 1 is 1.43 bits per heavy atom. The Balaban J connectivity index is 2.03. The van der Waals surface area contributed by atoms with Crippen molar-refractivity contribution in [3.05, 3.63) is 12.0 Å². The molecule has 1 fully saturated rings.